The van der Waals surface area contributed by atoms with Crippen molar-refractivity contribution in [2.45, 2.75) is 32.2 Å². The van der Waals surface area contributed by atoms with E-state index in [4.69, 9.17) is 0 Å². The molecule has 0 aromatic heterocycles. The second kappa shape index (κ2) is 5.38. The highest BCUT2D eigenvalue weighted by molar-refractivity contribution is 9.10. The number of sulfonamides is 1. The van der Waals surface area contributed by atoms with Gasteiger partial charge in [-0.05, 0) is 37.5 Å². The molecular formula is C11H11BrF5NO2S. The Morgan fingerprint density at radius 2 is 1.52 bits per heavy atom. The minimum absolute atomic E-state index is 0.217. The lowest BCUT2D eigenvalue weighted by Gasteiger charge is -2.22. The Kier molecular flexibility index (Phi) is 4.65. The number of halogens is 6. The topological polar surface area (TPSA) is 46.2 Å². The zero-order valence-electron chi connectivity index (χ0n) is 11.1. The Morgan fingerprint density at radius 3 is 1.95 bits per heavy atom. The van der Waals surface area contributed by atoms with Gasteiger partial charge in [-0.15, -0.1) is 0 Å². The lowest BCUT2D eigenvalue weighted by molar-refractivity contribution is -0.241. The van der Waals surface area contributed by atoms with Gasteiger partial charge in [0.25, 0.3) is 0 Å². The van der Waals surface area contributed by atoms with Gasteiger partial charge >= 0.3 is 21.5 Å². The van der Waals surface area contributed by atoms with Crippen molar-refractivity contribution in [2.75, 3.05) is 4.72 Å². The molecule has 0 atom stereocenters. The van der Waals surface area contributed by atoms with Crippen LogP contribution in [-0.2, 0) is 10.0 Å². The van der Waals surface area contributed by atoms with Crippen molar-refractivity contribution in [1.29, 1.82) is 0 Å². The largest absolute Gasteiger partial charge is 0.471 e. The van der Waals surface area contributed by atoms with Crippen LogP contribution in [0, 0.1) is 20.8 Å². The second-order valence-corrected chi connectivity index (χ2v) is 6.96. The van der Waals surface area contributed by atoms with E-state index in [1.54, 1.807) is 6.92 Å². The van der Waals surface area contributed by atoms with E-state index in [2.05, 4.69) is 15.9 Å². The van der Waals surface area contributed by atoms with Crippen LogP contribution in [0.15, 0.2) is 10.5 Å². The summed E-state index contributed by atoms with van der Waals surface area (Å²) in [4.78, 5) is 0. The summed E-state index contributed by atoms with van der Waals surface area (Å²) < 4.78 is 87.2. The van der Waals surface area contributed by atoms with E-state index < -0.39 is 21.5 Å². The molecule has 10 heteroatoms. The lowest BCUT2D eigenvalue weighted by Crippen LogP contribution is -2.47. The molecule has 0 aliphatic carbocycles. The molecule has 0 aliphatic heterocycles. The molecule has 0 saturated carbocycles. The maximum absolute atomic E-state index is 13.1. The number of alkyl halides is 5. The third kappa shape index (κ3) is 3.15. The minimum Gasteiger partial charge on any atom is -0.278 e. The third-order valence-electron chi connectivity index (χ3n) is 2.78. The Hall–Kier alpha value is -0.900. The Bertz CT molecular complexity index is 670. The molecule has 0 bridgehead atoms. The highest BCUT2D eigenvalue weighted by atomic mass is 79.9. The van der Waals surface area contributed by atoms with Crippen LogP contribution in [0.3, 0.4) is 0 Å². The van der Waals surface area contributed by atoms with Crippen LogP contribution in [-0.4, -0.2) is 19.8 Å². The van der Waals surface area contributed by atoms with Gasteiger partial charge in [0.1, 0.15) is 0 Å². The standard InChI is InChI=1S/C11H11BrF5NO2S/c1-5-4-6(2)9(7(3)8(5)12)18-21(19,20)11(16,17)10(13,14)15/h4,18H,1-3H3. The quantitative estimate of drug-likeness (QED) is 0.776. The average Bonchev–Trinajstić information content (AvgIpc) is 2.30. The molecule has 0 amide bonds. The van der Waals surface area contributed by atoms with E-state index in [1.807, 2.05) is 0 Å². The van der Waals surface area contributed by atoms with Crippen molar-refractivity contribution in [3.05, 3.63) is 27.2 Å². The smallest absolute Gasteiger partial charge is 0.278 e. The summed E-state index contributed by atoms with van der Waals surface area (Å²) in [6, 6.07) is 1.46. The van der Waals surface area contributed by atoms with E-state index in [0.717, 1.165) is 0 Å². The van der Waals surface area contributed by atoms with Gasteiger partial charge in [0.2, 0.25) is 0 Å². The minimum atomic E-state index is -6.21. The molecule has 1 aromatic carbocycles. The van der Waals surface area contributed by atoms with E-state index in [0.29, 0.717) is 10.0 Å². The monoisotopic (exact) mass is 395 g/mol. The highest BCUT2D eigenvalue weighted by Gasteiger charge is 2.67. The normalized spacial score (nSPS) is 13.4. The first-order valence-corrected chi connectivity index (χ1v) is 7.73. The van der Waals surface area contributed by atoms with Gasteiger partial charge in [-0.3, -0.25) is 4.72 Å². The molecule has 21 heavy (non-hydrogen) atoms. The van der Waals surface area contributed by atoms with Crippen molar-refractivity contribution in [2.24, 2.45) is 0 Å². The molecule has 1 aromatic rings. The van der Waals surface area contributed by atoms with Crippen LogP contribution in [0.5, 0.6) is 0 Å². The van der Waals surface area contributed by atoms with Crippen molar-refractivity contribution in [3.8, 4) is 0 Å². The summed E-state index contributed by atoms with van der Waals surface area (Å²) in [5, 5.41) is -5.89. The van der Waals surface area contributed by atoms with Gasteiger partial charge in [0, 0.05) is 4.47 Å². The zero-order valence-corrected chi connectivity index (χ0v) is 13.5. The molecule has 120 valence electrons. The SMILES string of the molecule is Cc1cc(C)c(NS(=O)(=O)C(F)(F)C(F)(F)F)c(C)c1Br. The van der Waals surface area contributed by atoms with E-state index in [-0.39, 0.29) is 16.8 Å². The molecular weight excluding hydrogens is 385 g/mol. The molecule has 0 spiro atoms. The number of hydrogen-bond acceptors (Lipinski definition) is 2. The van der Waals surface area contributed by atoms with Crippen molar-refractivity contribution in [3.63, 3.8) is 0 Å². The molecule has 0 aliphatic rings. The summed E-state index contributed by atoms with van der Waals surface area (Å²) in [6.45, 7) is 4.47. The molecule has 0 fully saturated rings. The second-order valence-electron chi connectivity index (χ2n) is 4.44. The first-order chi connectivity index (χ1) is 9.22. The molecule has 3 nitrogen and oxygen atoms in total. The number of benzene rings is 1. The number of anilines is 1. The molecule has 0 unspecified atom stereocenters. The fourth-order valence-electron chi connectivity index (χ4n) is 1.67. The van der Waals surface area contributed by atoms with Crippen LogP contribution in [0.4, 0.5) is 27.6 Å². The predicted octanol–water partition coefficient (Wildman–Crippen LogP) is 4.27. The molecule has 1 rings (SSSR count). The van der Waals surface area contributed by atoms with Crippen molar-refractivity contribution >= 4 is 31.6 Å². The fraction of sp³-hybridized carbons (Fsp3) is 0.455. The Labute approximate surface area is 126 Å². The highest BCUT2D eigenvalue weighted by Crippen LogP contribution is 2.41. The van der Waals surface area contributed by atoms with Gasteiger partial charge in [0.05, 0.1) is 5.69 Å². The summed E-state index contributed by atoms with van der Waals surface area (Å²) in [7, 11) is -5.97. The van der Waals surface area contributed by atoms with Crippen LogP contribution in [0.25, 0.3) is 0 Å². The van der Waals surface area contributed by atoms with E-state index >= 15 is 0 Å². The summed E-state index contributed by atoms with van der Waals surface area (Å²) >= 11 is 3.12. The molecule has 0 radical (unpaired) electrons. The maximum atomic E-state index is 13.1. The maximum Gasteiger partial charge on any atom is 0.471 e. The summed E-state index contributed by atoms with van der Waals surface area (Å²) in [5.74, 6) is 0. The van der Waals surface area contributed by atoms with Gasteiger partial charge in [-0.2, -0.15) is 30.4 Å². The van der Waals surface area contributed by atoms with Gasteiger partial charge in [-0.25, -0.2) is 0 Å². The van der Waals surface area contributed by atoms with Crippen molar-refractivity contribution in [1.82, 2.24) is 0 Å². The summed E-state index contributed by atoms with van der Waals surface area (Å²) in [6.07, 6.45) is -6.21. The lowest BCUT2D eigenvalue weighted by atomic mass is 10.1. The molecule has 1 N–H and O–H groups in total. The Morgan fingerprint density at radius 1 is 1.05 bits per heavy atom. The van der Waals surface area contributed by atoms with Crippen LogP contribution < -0.4 is 4.72 Å². The average molecular weight is 396 g/mol. The number of rotatable bonds is 3. The van der Waals surface area contributed by atoms with E-state index in [1.165, 1.54) is 24.6 Å². The Balaban J connectivity index is 3.39. The van der Waals surface area contributed by atoms with Crippen LogP contribution in [0.2, 0.25) is 0 Å². The molecule has 0 saturated heterocycles. The number of nitrogens with one attached hydrogen (secondary N) is 1. The summed E-state index contributed by atoms with van der Waals surface area (Å²) in [5.41, 5.74) is 0.829. The van der Waals surface area contributed by atoms with Crippen LogP contribution >= 0.6 is 15.9 Å². The first-order valence-electron chi connectivity index (χ1n) is 5.45. The number of hydrogen-bond donors (Lipinski definition) is 1. The van der Waals surface area contributed by atoms with Crippen molar-refractivity contribution < 1.29 is 30.4 Å². The van der Waals surface area contributed by atoms with Crippen LogP contribution in [0.1, 0.15) is 16.7 Å². The number of aryl methyl sites for hydroxylation is 2. The first kappa shape index (κ1) is 18.1. The molecule has 0 heterocycles. The van der Waals surface area contributed by atoms with Gasteiger partial charge < -0.3 is 0 Å². The van der Waals surface area contributed by atoms with E-state index in [9.17, 15) is 30.4 Å². The zero-order chi connectivity index (χ0) is 16.8. The van der Waals surface area contributed by atoms with Gasteiger partial charge in [0.15, 0.2) is 0 Å². The fourth-order valence-corrected chi connectivity index (χ4v) is 3.00. The third-order valence-corrected chi connectivity index (χ3v) is 5.38. The van der Waals surface area contributed by atoms with Gasteiger partial charge in [-0.1, -0.05) is 22.0 Å². The predicted molar refractivity (Wildman–Crippen MR) is 71.9 cm³/mol.